The molecular weight excluding hydrogens is 388 g/mol. The van der Waals surface area contributed by atoms with Gasteiger partial charge in [0.05, 0.1) is 0 Å². The summed E-state index contributed by atoms with van der Waals surface area (Å²) in [5.74, 6) is 0.704. The molecule has 1 fully saturated rings. The van der Waals surface area contributed by atoms with E-state index in [1.807, 2.05) is 35.2 Å². The zero-order valence-corrected chi connectivity index (χ0v) is 17.5. The summed E-state index contributed by atoms with van der Waals surface area (Å²) in [4.78, 5) is 29.0. The molecule has 1 atom stereocenters. The molecule has 1 aliphatic rings. The van der Waals surface area contributed by atoms with Crippen LogP contribution >= 0.6 is 11.6 Å². The molecule has 0 saturated carbocycles. The van der Waals surface area contributed by atoms with Crippen molar-refractivity contribution in [2.75, 3.05) is 26.2 Å². The van der Waals surface area contributed by atoms with Crippen molar-refractivity contribution in [1.82, 2.24) is 9.80 Å². The molecule has 2 aromatic rings. The molecule has 0 N–H and O–H groups in total. The van der Waals surface area contributed by atoms with Crippen LogP contribution in [0.4, 0.5) is 0 Å². The van der Waals surface area contributed by atoms with Crippen LogP contribution < -0.4 is 4.74 Å². The molecule has 0 radical (unpaired) electrons. The van der Waals surface area contributed by atoms with E-state index in [1.165, 1.54) is 5.56 Å². The van der Waals surface area contributed by atoms with Crippen molar-refractivity contribution < 1.29 is 14.3 Å². The predicted molar refractivity (Wildman–Crippen MR) is 114 cm³/mol. The van der Waals surface area contributed by atoms with Crippen LogP contribution in [0.5, 0.6) is 5.75 Å². The van der Waals surface area contributed by atoms with Gasteiger partial charge in [-0.3, -0.25) is 9.59 Å². The van der Waals surface area contributed by atoms with Gasteiger partial charge < -0.3 is 14.5 Å². The fourth-order valence-corrected chi connectivity index (χ4v) is 3.59. The molecule has 6 heteroatoms. The largest absolute Gasteiger partial charge is 0.481 e. The monoisotopic (exact) mass is 414 g/mol. The Morgan fingerprint density at radius 1 is 0.966 bits per heavy atom. The van der Waals surface area contributed by atoms with Crippen LogP contribution in [-0.4, -0.2) is 53.9 Å². The Kier molecular flexibility index (Phi) is 7.53. The molecule has 29 heavy (non-hydrogen) atoms. The van der Waals surface area contributed by atoms with Gasteiger partial charge in [-0.25, -0.2) is 0 Å². The second kappa shape index (κ2) is 10.3. The highest BCUT2D eigenvalue weighted by Gasteiger charge is 2.26. The number of rotatable bonds is 6. The van der Waals surface area contributed by atoms with Crippen molar-refractivity contribution in [2.45, 2.75) is 32.3 Å². The third kappa shape index (κ3) is 6.23. The predicted octanol–water partition coefficient (Wildman–Crippen LogP) is 3.80. The number of carbonyl (C=O) groups excluding carboxylic acids is 2. The topological polar surface area (TPSA) is 49.9 Å². The van der Waals surface area contributed by atoms with Gasteiger partial charge >= 0.3 is 0 Å². The number of halogens is 1. The first kappa shape index (κ1) is 21.2. The second-order valence-electron chi connectivity index (χ2n) is 7.26. The minimum Gasteiger partial charge on any atom is -0.481 e. The molecule has 1 heterocycles. The molecule has 1 saturated heterocycles. The maximum absolute atomic E-state index is 12.8. The smallest absolute Gasteiger partial charge is 0.263 e. The molecular formula is C23H27ClN2O3. The zero-order valence-electron chi connectivity index (χ0n) is 16.7. The van der Waals surface area contributed by atoms with E-state index in [1.54, 1.807) is 36.1 Å². The minimum absolute atomic E-state index is 0.0569. The van der Waals surface area contributed by atoms with Crippen molar-refractivity contribution in [1.29, 1.82) is 0 Å². The van der Waals surface area contributed by atoms with E-state index in [4.69, 9.17) is 16.3 Å². The lowest BCUT2D eigenvalue weighted by atomic mass is 10.1. The summed E-state index contributed by atoms with van der Waals surface area (Å²) in [6, 6.07) is 17.0. The number of hydrogen-bond acceptors (Lipinski definition) is 3. The first-order valence-corrected chi connectivity index (χ1v) is 10.4. The van der Waals surface area contributed by atoms with Crippen LogP contribution in [0.3, 0.4) is 0 Å². The molecule has 1 unspecified atom stereocenters. The lowest BCUT2D eigenvalue weighted by molar-refractivity contribution is -0.138. The molecule has 0 aromatic heterocycles. The quantitative estimate of drug-likeness (QED) is 0.722. The standard InChI is InChI=1S/C23H27ClN2O3/c1-18(29-21-11-9-20(24)10-12-21)23(28)26-15-5-14-25(16-17-26)22(27)13-8-19-6-3-2-4-7-19/h2-4,6-7,9-12,18H,5,8,13-17H2,1H3. The van der Waals surface area contributed by atoms with Gasteiger partial charge in [0.15, 0.2) is 6.10 Å². The average Bonchev–Trinajstić information content (AvgIpc) is 3.00. The van der Waals surface area contributed by atoms with E-state index in [2.05, 4.69) is 0 Å². The van der Waals surface area contributed by atoms with Crippen LogP contribution in [0.25, 0.3) is 0 Å². The van der Waals surface area contributed by atoms with Crippen molar-refractivity contribution >= 4 is 23.4 Å². The first-order chi connectivity index (χ1) is 14.0. The lowest BCUT2D eigenvalue weighted by Crippen LogP contribution is -2.43. The van der Waals surface area contributed by atoms with Crippen LogP contribution in [0, 0.1) is 0 Å². The molecule has 3 rings (SSSR count). The summed E-state index contributed by atoms with van der Waals surface area (Å²) in [6.45, 7) is 4.17. The summed E-state index contributed by atoms with van der Waals surface area (Å²) >= 11 is 5.88. The normalized spacial score (nSPS) is 15.5. The summed E-state index contributed by atoms with van der Waals surface area (Å²) in [6.07, 6.45) is 1.42. The van der Waals surface area contributed by atoms with E-state index in [0.29, 0.717) is 43.4 Å². The van der Waals surface area contributed by atoms with Crippen molar-refractivity contribution in [2.24, 2.45) is 0 Å². The van der Waals surface area contributed by atoms with Gasteiger partial charge in [-0.1, -0.05) is 41.9 Å². The fourth-order valence-electron chi connectivity index (χ4n) is 3.47. The zero-order chi connectivity index (χ0) is 20.6. The number of amides is 2. The summed E-state index contributed by atoms with van der Waals surface area (Å²) in [7, 11) is 0. The Morgan fingerprint density at radius 3 is 2.34 bits per heavy atom. The van der Waals surface area contributed by atoms with E-state index in [9.17, 15) is 9.59 Å². The van der Waals surface area contributed by atoms with Crippen LogP contribution in [-0.2, 0) is 16.0 Å². The number of ether oxygens (including phenoxy) is 1. The summed E-state index contributed by atoms with van der Waals surface area (Å²) in [5, 5.41) is 0.626. The highest BCUT2D eigenvalue weighted by atomic mass is 35.5. The van der Waals surface area contributed by atoms with Crippen molar-refractivity contribution in [3.63, 3.8) is 0 Å². The maximum Gasteiger partial charge on any atom is 0.263 e. The molecule has 0 bridgehead atoms. The average molecular weight is 415 g/mol. The number of hydrogen-bond donors (Lipinski definition) is 0. The number of aryl methyl sites for hydroxylation is 1. The van der Waals surface area contributed by atoms with Crippen LogP contribution in [0.15, 0.2) is 54.6 Å². The van der Waals surface area contributed by atoms with Gasteiger partial charge in [0.1, 0.15) is 5.75 Å². The molecule has 5 nitrogen and oxygen atoms in total. The van der Waals surface area contributed by atoms with Gasteiger partial charge in [-0.15, -0.1) is 0 Å². The highest BCUT2D eigenvalue weighted by molar-refractivity contribution is 6.30. The molecule has 0 aliphatic carbocycles. The minimum atomic E-state index is -0.587. The summed E-state index contributed by atoms with van der Waals surface area (Å²) < 4.78 is 5.76. The van der Waals surface area contributed by atoms with Gasteiger partial charge in [0.2, 0.25) is 5.91 Å². The van der Waals surface area contributed by atoms with Crippen LogP contribution in [0.1, 0.15) is 25.3 Å². The lowest BCUT2D eigenvalue weighted by Gasteiger charge is -2.25. The van der Waals surface area contributed by atoms with Gasteiger partial charge in [0.25, 0.3) is 5.91 Å². The number of benzene rings is 2. The fraction of sp³-hybridized carbons (Fsp3) is 0.391. The SMILES string of the molecule is CC(Oc1ccc(Cl)cc1)C(=O)N1CCCN(C(=O)CCc2ccccc2)CC1. The van der Waals surface area contributed by atoms with Crippen LogP contribution in [0.2, 0.25) is 5.02 Å². The third-order valence-electron chi connectivity index (χ3n) is 5.10. The maximum atomic E-state index is 12.8. The Hall–Kier alpha value is -2.53. The molecule has 2 amide bonds. The Bertz CT molecular complexity index is 811. The first-order valence-electron chi connectivity index (χ1n) is 10.1. The number of nitrogens with zero attached hydrogens (tertiary/aromatic N) is 2. The van der Waals surface area contributed by atoms with E-state index >= 15 is 0 Å². The van der Waals surface area contributed by atoms with Crippen molar-refractivity contribution in [3.05, 3.63) is 65.2 Å². The highest BCUT2D eigenvalue weighted by Crippen LogP contribution is 2.18. The third-order valence-corrected chi connectivity index (χ3v) is 5.36. The Morgan fingerprint density at radius 2 is 1.62 bits per heavy atom. The van der Waals surface area contributed by atoms with Gasteiger partial charge in [0, 0.05) is 37.6 Å². The van der Waals surface area contributed by atoms with Gasteiger partial charge in [-0.05, 0) is 49.6 Å². The van der Waals surface area contributed by atoms with Crippen molar-refractivity contribution in [3.8, 4) is 5.75 Å². The molecule has 154 valence electrons. The summed E-state index contributed by atoms with van der Waals surface area (Å²) in [5.41, 5.74) is 1.17. The van der Waals surface area contributed by atoms with E-state index in [0.717, 1.165) is 12.8 Å². The Labute approximate surface area is 177 Å². The molecule has 2 aromatic carbocycles. The Balaban J connectivity index is 1.48. The molecule has 1 aliphatic heterocycles. The van der Waals surface area contributed by atoms with Gasteiger partial charge in [-0.2, -0.15) is 0 Å². The molecule has 0 spiro atoms. The van der Waals surface area contributed by atoms with E-state index < -0.39 is 6.10 Å². The second-order valence-corrected chi connectivity index (χ2v) is 7.70. The van der Waals surface area contributed by atoms with E-state index in [-0.39, 0.29) is 11.8 Å². The number of carbonyl (C=O) groups is 2.